The minimum atomic E-state index is -0.369. The number of hydrogen-bond acceptors (Lipinski definition) is 6. The Morgan fingerprint density at radius 1 is 1.16 bits per heavy atom. The van der Waals surface area contributed by atoms with Crippen LogP contribution in [0.2, 0.25) is 0 Å². The molecule has 37 heavy (non-hydrogen) atoms. The van der Waals surface area contributed by atoms with Crippen LogP contribution >= 0.6 is 12.2 Å². The molecule has 0 saturated carbocycles. The molecule has 4 atom stereocenters. The standard InChI is InChI=1S/C28H33N5O3S/c1-32-25(15-24(31-32)22-9-4-5-10-26(22)35-2)23-17-33-12-11-18(23)14-21(33)16-29-28(37)30-20-8-6-7-19(13-20)27(34)36-3/h4-10,13,15,18,21,23H,11-12,14,16-17H2,1-3H3,(H2,29,30,37). The van der Waals surface area contributed by atoms with Gasteiger partial charge >= 0.3 is 5.97 Å². The van der Waals surface area contributed by atoms with Crippen molar-refractivity contribution >= 4 is 29.0 Å². The molecule has 3 saturated heterocycles. The van der Waals surface area contributed by atoms with E-state index in [0.29, 0.717) is 28.6 Å². The molecule has 194 valence electrons. The second-order valence-corrected chi connectivity index (χ2v) is 10.1. The zero-order valence-electron chi connectivity index (χ0n) is 21.4. The molecule has 3 aliphatic rings. The lowest BCUT2D eigenvalue weighted by Crippen LogP contribution is -2.56. The monoisotopic (exact) mass is 519 g/mol. The Labute approximate surface area is 222 Å². The van der Waals surface area contributed by atoms with Gasteiger partial charge in [0.25, 0.3) is 0 Å². The average molecular weight is 520 g/mol. The van der Waals surface area contributed by atoms with E-state index >= 15 is 0 Å². The van der Waals surface area contributed by atoms with Gasteiger partial charge in [0, 0.05) is 49.0 Å². The van der Waals surface area contributed by atoms with Crippen LogP contribution in [0, 0.1) is 5.92 Å². The topological polar surface area (TPSA) is 80.7 Å². The first-order chi connectivity index (χ1) is 18.0. The van der Waals surface area contributed by atoms with Gasteiger partial charge in [0.05, 0.1) is 25.5 Å². The van der Waals surface area contributed by atoms with Gasteiger partial charge in [-0.3, -0.25) is 9.58 Å². The van der Waals surface area contributed by atoms with Crippen LogP contribution in [-0.4, -0.2) is 65.7 Å². The largest absolute Gasteiger partial charge is 0.496 e. The number of hydrogen-bond donors (Lipinski definition) is 2. The lowest BCUT2D eigenvalue weighted by molar-refractivity contribution is 0.0303. The van der Waals surface area contributed by atoms with Gasteiger partial charge < -0.3 is 20.1 Å². The smallest absolute Gasteiger partial charge is 0.337 e. The van der Waals surface area contributed by atoms with Crippen molar-refractivity contribution in [3.05, 3.63) is 65.9 Å². The summed E-state index contributed by atoms with van der Waals surface area (Å²) in [5.74, 6) is 1.54. The van der Waals surface area contributed by atoms with E-state index in [2.05, 4.69) is 27.7 Å². The fourth-order valence-corrected chi connectivity index (χ4v) is 5.93. The molecule has 2 aromatic carbocycles. The van der Waals surface area contributed by atoms with Crippen LogP contribution in [0.15, 0.2) is 54.6 Å². The number of aryl methyl sites for hydroxylation is 1. The van der Waals surface area contributed by atoms with E-state index in [-0.39, 0.29) is 5.97 Å². The van der Waals surface area contributed by atoms with Gasteiger partial charge in [-0.2, -0.15) is 5.10 Å². The van der Waals surface area contributed by atoms with E-state index in [1.165, 1.54) is 19.2 Å². The summed E-state index contributed by atoms with van der Waals surface area (Å²) in [6.07, 6.45) is 2.31. The number of esters is 1. The van der Waals surface area contributed by atoms with E-state index < -0.39 is 0 Å². The quantitative estimate of drug-likeness (QED) is 0.358. The highest BCUT2D eigenvalue weighted by molar-refractivity contribution is 7.80. The lowest BCUT2D eigenvalue weighted by Gasteiger charge is -2.50. The van der Waals surface area contributed by atoms with Crippen LogP contribution < -0.4 is 15.4 Å². The van der Waals surface area contributed by atoms with Crippen molar-refractivity contribution in [1.82, 2.24) is 20.0 Å². The SMILES string of the molecule is COC(=O)c1cccc(NC(=S)NCC2CC3CCN2CC3c2cc(-c3ccccc3OC)nn2C)c1. The number of methoxy groups -OCH3 is 2. The van der Waals surface area contributed by atoms with Gasteiger partial charge in [-0.15, -0.1) is 0 Å². The molecule has 9 heteroatoms. The highest BCUT2D eigenvalue weighted by atomic mass is 32.1. The molecule has 0 amide bonds. The number of benzene rings is 2. The van der Waals surface area contributed by atoms with Gasteiger partial charge in [-0.05, 0) is 73.9 Å². The first-order valence-corrected chi connectivity index (χ1v) is 13.0. The molecular weight excluding hydrogens is 486 g/mol. The molecule has 6 rings (SSSR count). The highest BCUT2D eigenvalue weighted by Crippen LogP contribution is 2.42. The van der Waals surface area contributed by atoms with Gasteiger partial charge in [-0.25, -0.2) is 4.79 Å². The third-order valence-corrected chi connectivity index (χ3v) is 7.84. The normalized spacial score (nSPS) is 22.4. The predicted molar refractivity (Wildman–Crippen MR) is 148 cm³/mol. The number of para-hydroxylation sites is 1. The molecule has 1 aromatic heterocycles. The van der Waals surface area contributed by atoms with Crippen molar-refractivity contribution in [2.45, 2.75) is 24.8 Å². The van der Waals surface area contributed by atoms with Crippen molar-refractivity contribution in [1.29, 1.82) is 0 Å². The molecule has 2 bridgehead atoms. The first kappa shape index (κ1) is 25.2. The third-order valence-electron chi connectivity index (χ3n) is 7.60. The number of thiocarbonyl (C=S) groups is 1. The number of carbonyl (C=O) groups excluding carboxylic acids is 1. The van der Waals surface area contributed by atoms with Crippen molar-refractivity contribution in [2.75, 3.05) is 39.2 Å². The number of anilines is 1. The number of ether oxygens (including phenoxy) is 2. The molecule has 0 spiro atoms. The number of nitrogens with zero attached hydrogens (tertiary/aromatic N) is 3. The van der Waals surface area contributed by atoms with Gasteiger partial charge in [-0.1, -0.05) is 18.2 Å². The average Bonchev–Trinajstić information content (AvgIpc) is 3.33. The maximum Gasteiger partial charge on any atom is 0.337 e. The summed E-state index contributed by atoms with van der Waals surface area (Å²) in [4.78, 5) is 14.4. The van der Waals surface area contributed by atoms with Crippen LogP contribution in [0.3, 0.4) is 0 Å². The van der Waals surface area contributed by atoms with Crippen molar-refractivity contribution < 1.29 is 14.3 Å². The zero-order chi connectivity index (χ0) is 25.9. The van der Waals surface area contributed by atoms with Gasteiger partial charge in [0.1, 0.15) is 5.75 Å². The summed E-state index contributed by atoms with van der Waals surface area (Å²) in [7, 11) is 5.12. The van der Waals surface area contributed by atoms with Crippen LogP contribution in [0.1, 0.15) is 34.8 Å². The van der Waals surface area contributed by atoms with E-state index in [4.69, 9.17) is 26.8 Å². The van der Waals surface area contributed by atoms with E-state index in [1.807, 2.05) is 36.0 Å². The Morgan fingerprint density at radius 3 is 2.76 bits per heavy atom. The molecule has 8 nitrogen and oxygen atoms in total. The van der Waals surface area contributed by atoms with Gasteiger partial charge in [0.15, 0.2) is 5.11 Å². The number of aromatic nitrogens is 2. The first-order valence-electron chi connectivity index (χ1n) is 12.6. The summed E-state index contributed by atoms with van der Waals surface area (Å²) in [6, 6.07) is 17.8. The minimum Gasteiger partial charge on any atom is -0.496 e. The number of rotatable bonds is 7. The van der Waals surface area contributed by atoms with Crippen LogP contribution in [0.4, 0.5) is 5.69 Å². The Balaban J connectivity index is 1.20. The predicted octanol–water partition coefficient (Wildman–Crippen LogP) is 4.05. The molecular formula is C28H33N5O3S. The fourth-order valence-electron chi connectivity index (χ4n) is 5.73. The van der Waals surface area contributed by atoms with E-state index in [0.717, 1.165) is 48.7 Å². The summed E-state index contributed by atoms with van der Waals surface area (Å²) >= 11 is 5.54. The summed E-state index contributed by atoms with van der Waals surface area (Å²) in [5, 5.41) is 12.0. The molecule has 3 aromatic rings. The second kappa shape index (κ2) is 10.9. The maximum atomic E-state index is 11.8. The van der Waals surface area contributed by atoms with E-state index in [1.54, 1.807) is 25.3 Å². The lowest BCUT2D eigenvalue weighted by atomic mass is 9.74. The van der Waals surface area contributed by atoms with Crippen LogP contribution in [0.5, 0.6) is 5.75 Å². The summed E-state index contributed by atoms with van der Waals surface area (Å²) < 4.78 is 12.4. The number of carbonyl (C=O) groups is 1. The third kappa shape index (κ3) is 5.33. The highest BCUT2D eigenvalue weighted by Gasteiger charge is 2.41. The van der Waals surface area contributed by atoms with Crippen molar-refractivity contribution in [2.24, 2.45) is 13.0 Å². The Kier molecular flexibility index (Phi) is 7.43. The Morgan fingerprint density at radius 2 is 2.00 bits per heavy atom. The van der Waals surface area contributed by atoms with Gasteiger partial charge in [0.2, 0.25) is 0 Å². The molecule has 3 aliphatic heterocycles. The molecule has 0 aliphatic carbocycles. The number of piperidine rings is 3. The molecule has 0 radical (unpaired) electrons. The fraction of sp³-hybridized carbons (Fsp3) is 0.393. The molecule has 4 unspecified atom stereocenters. The number of fused-ring (bicyclic) bond motifs is 3. The molecule has 2 N–H and O–H groups in total. The van der Waals surface area contributed by atoms with Crippen molar-refractivity contribution in [3.63, 3.8) is 0 Å². The van der Waals surface area contributed by atoms with Crippen LogP contribution in [0.25, 0.3) is 11.3 Å². The maximum absolute atomic E-state index is 11.8. The summed E-state index contributed by atoms with van der Waals surface area (Å²) in [6.45, 7) is 2.90. The van der Waals surface area contributed by atoms with Crippen LogP contribution in [-0.2, 0) is 11.8 Å². The summed E-state index contributed by atoms with van der Waals surface area (Å²) in [5.41, 5.74) is 4.50. The van der Waals surface area contributed by atoms with Crippen molar-refractivity contribution in [3.8, 4) is 17.0 Å². The zero-order valence-corrected chi connectivity index (χ0v) is 22.3. The van der Waals surface area contributed by atoms with E-state index in [9.17, 15) is 4.79 Å². The second-order valence-electron chi connectivity index (χ2n) is 9.73. The number of nitrogens with one attached hydrogen (secondary N) is 2. The molecule has 3 fully saturated rings. The molecule has 4 heterocycles. The Hall–Kier alpha value is -3.43. The minimum absolute atomic E-state index is 0.369. The Bertz CT molecular complexity index is 1290.